The number of fused-ring (bicyclic) bond motifs is 1. The summed E-state index contributed by atoms with van der Waals surface area (Å²) in [4.78, 5) is 19.1. The molecule has 1 atom stereocenters. The van der Waals surface area contributed by atoms with Gasteiger partial charge >= 0.3 is 0 Å². The van der Waals surface area contributed by atoms with Crippen LogP contribution >= 0.6 is 11.6 Å². The van der Waals surface area contributed by atoms with Crippen LogP contribution in [-0.4, -0.2) is 22.3 Å². The number of nitrogens with zero attached hydrogens (tertiary/aromatic N) is 2. The van der Waals surface area contributed by atoms with Gasteiger partial charge in [-0.25, -0.2) is 0 Å². The second kappa shape index (κ2) is 6.69. The molecule has 0 fully saturated rings. The highest BCUT2D eigenvalue weighted by Crippen LogP contribution is 2.38. The van der Waals surface area contributed by atoms with E-state index in [1.807, 2.05) is 41.3 Å². The summed E-state index contributed by atoms with van der Waals surface area (Å²) in [5.74, 6) is 0.00169. The third-order valence-corrected chi connectivity index (χ3v) is 5.02. The van der Waals surface area contributed by atoms with Crippen LogP contribution in [0.15, 0.2) is 73.1 Å². The zero-order chi connectivity index (χ0) is 17.2. The van der Waals surface area contributed by atoms with E-state index in [2.05, 4.69) is 17.1 Å². The molecule has 0 bridgehead atoms. The maximum absolute atomic E-state index is 13.2. The van der Waals surface area contributed by atoms with Crippen molar-refractivity contribution in [3.8, 4) is 0 Å². The fraction of sp³-hybridized carbons (Fsp3) is 0.143. The van der Waals surface area contributed by atoms with Crippen LogP contribution in [0.3, 0.4) is 0 Å². The Morgan fingerprint density at radius 1 is 0.960 bits per heavy atom. The molecule has 1 unspecified atom stereocenters. The Balaban J connectivity index is 1.84. The van der Waals surface area contributed by atoms with E-state index in [0.29, 0.717) is 17.1 Å². The summed E-state index contributed by atoms with van der Waals surface area (Å²) in [7, 11) is 0. The molecule has 0 aliphatic carbocycles. The van der Waals surface area contributed by atoms with Crippen molar-refractivity contribution >= 4 is 17.5 Å². The number of carbonyl (C=O) groups is 1. The van der Waals surface area contributed by atoms with Gasteiger partial charge in [-0.05, 0) is 41.3 Å². The van der Waals surface area contributed by atoms with Crippen LogP contribution in [0.5, 0.6) is 0 Å². The van der Waals surface area contributed by atoms with Gasteiger partial charge in [0.15, 0.2) is 0 Å². The van der Waals surface area contributed by atoms with E-state index in [0.717, 1.165) is 17.5 Å². The van der Waals surface area contributed by atoms with Crippen LogP contribution in [0.25, 0.3) is 0 Å². The highest BCUT2D eigenvalue weighted by molar-refractivity contribution is 6.31. The Labute approximate surface area is 151 Å². The van der Waals surface area contributed by atoms with Crippen LogP contribution in [0.1, 0.15) is 33.1 Å². The largest absolute Gasteiger partial charge is 0.327 e. The van der Waals surface area contributed by atoms with Gasteiger partial charge in [-0.15, -0.1) is 0 Å². The molecule has 25 heavy (non-hydrogen) atoms. The highest BCUT2D eigenvalue weighted by atomic mass is 35.5. The van der Waals surface area contributed by atoms with E-state index < -0.39 is 0 Å². The molecule has 4 heteroatoms. The minimum Gasteiger partial charge on any atom is -0.327 e. The van der Waals surface area contributed by atoms with Gasteiger partial charge in [-0.2, -0.15) is 0 Å². The van der Waals surface area contributed by atoms with Crippen molar-refractivity contribution in [1.82, 2.24) is 9.88 Å². The van der Waals surface area contributed by atoms with E-state index >= 15 is 0 Å². The minimum atomic E-state index is -0.181. The predicted molar refractivity (Wildman–Crippen MR) is 98.7 cm³/mol. The Morgan fingerprint density at radius 2 is 1.64 bits per heavy atom. The molecule has 1 aliphatic rings. The van der Waals surface area contributed by atoms with Gasteiger partial charge in [0.2, 0.25) is 0 Å². The number of amides is 1. The van der Waals surface area contributed by atoms with Gasteiger partial charge < -0.3 is 4.90 Å². The van der Waals surface area contributed by atoms with Crippen molar-refractivity contribution in [3.63, 3.8) is 0 Å². The topological polar surface area (TPSA) is 33.2 Å². The summed E-state index contributed by atoms with van der Waals surface area (Å²) < 4.78 is 0. The molecule has 3 nitrogen and oxygen atoms in total. The second-order valence-electron chi connectivity index (χ2n) is 6.11. The van der Waals surface area contributed by atoms with Crippen LogP contribution in [0, 0.1) is 0 Å². The number of aromatic nitrogens is 1. The average Bonchev–Trinajstić information content (AvgIpc) is 2.68. The number of pyridine rings is 1. The molecule has 1 aliphatic heterocycles. The molecule has 0 spiro atoms. The van der Waals surface area contributed by atoms with Crippen molar-refractivity contribution in [1.29, 1.82) is 0 Å². The van der Waals surface area contributed by atoms with Gasteiger partial charge in [-0.3, -0.25) is 9.78 Å². The molecule has 3 aromatic rings. The summed E-state index contributed by atoms with van der Waals surface area (Å²) in [6.45, 7) is 0.661. The zero-order valence-electron chi connectivity index (χ0n) is 13.6. The Morgan fingerprint density at radius 3 is 2.40 bits per heavy atom. The highest BCUT2D eigenvalue weighted by Gasteiger charge is 2.33. The van der Waals surface area contributed by atoms with Crippen LogP contribution in [0.2, 0.25) is 5.02 Å². The number of carbonyl (C=O) groups excluding carboxylic acids is 1. The predicted octanol–water partition coefficient (Wildman–Crippen LogP) is 4.52. The minimum absolute atomic E-state index is 0.00169. The molecule has 2 heterocycles. The zero-order valence-corrected chi connectivity index (χ0v) is 14.4. The van der Waals surface area contributed by atoms with Crippen molar-refractivity contribution in [2.75, 3.05) is 6.54 Å². The maximum Gasteiger partial charge on any atom is 0.254 e. The van der Waals surface area contributed by atoms with Crippen molar-refractivity contribution in [3.05, 3.63) is 100 Å². The van der Waals surface area contributed by atoms with E-state index in [1.54, 1.807) is 24.5 Å². The van der Waals surface area contributed by atoms with Crippen LogP contribution < -0.4 is 0 Å². The number of halogens is 1. The lowest BCUT2D eigenvalue weighted by Gasteiger charge is -2.38. The molecular weight excluding hydrogens is 332 g/mol. The lowest BCUT2D eigenvalue weighted by atomic mass is 9.87. The maximum atomic E-state index is 13.2. The van der Waals surface area contributed by atoms with Crippen molar-refractivity contribution in [2.45, 2.75) is 12.5 Å². The van der Waals surface area contributed by atoms with E-state index in [4.69, 9.17) is 11.6 Å². The first-order valence-electron chi connectivity index (χ1n) is 8.29. The quantitative estimate of drug-likeness (QED) is 0.682. The van der Waals surface area contributed by atoms with Gasteiger partial charge in [0.25, 0.3) is 5.91 Å². The summed E-state index contributed by atoms with van der Waals surface area (Å²) in [6, 6.07) is 19.4. The lowest BCUT2D eigenvalue weighted by Crippen LogP contribution is -2.40. The Kier molecular flexibility index (Phi) is 4.24. The number of hydrogen-bond donors (Lipinski definition) is 0. The monoisotopic (exact) mass is 348 g/mol. The van der Waals surface area contributed by atoms with Crippen molar-refractivity contribution in [2.24, 2.45) is 0 Å². The fourth-order valence-electron chi connectivity index (χ4n) is 3.48. The van der Waals surface area contributed by atoms with Gasteiger partial charge in [0.05, 0.1) is 6.04 Å². The smallest absolute Gasteiger partial charge is 0.254 e. The second-order valence-corrected chi connectivity index (χ2v) is 6.51. The molecular formula is C21H17ClN2O. The molecule has 0 N–H and O–H groups in total. The number of rotatable bonds is 2. The Hall–Kier alpha value is -2.65. The summed E-state index contributed by atoms with van der Waals surface area (Å²) >= 11 is 6.49. The van der Waals surface area contributed by atoms with Gasteiger partial charge in [-0.1, -0.05) is 54.1 Å². The molecule has 1 aromatic heterocycles. The SMILES string of the molecule is O=C(c1ccncc1)N1CCc2ccccc2C1c1ccccc1Cl. The lowest BCUT2D eigenvalue weighted by molar-refractivity contribution is 0.0694. The van der Waals surface area contributed by atoms with E-state index in [9.17, 15) is 4.79 Å². The van der Waals surface area contributed by atoms with Crippen molar-refractivity contribution < 1.29 is 4.79 Å². The molecule has 1 amide bonds. The average molecular weight is 349 g/mol. The van der Waals surface area contributed by atoms with E-state index in [-0.39, 0.29) is 11.9 Å². The normalized spacial score (nSPS) is 16.4. The number of hydrogen-bond acceptors (Lipinski definition) is 2. The number of benzene rings is 2. The summed E-state index contributed by atoms with van der Waals surface area (Å²) in [5.41, 5.74) is 4.01. The first-order chi connectivity index (χ1) is 12.3. The molecule has 0 saturated heterocycles. The fourth-order valence-corrected chi connectivity index (χ4v) is 3.72. The molecule has 0 saturated carbocycles. The summed E-state index contributed by atoms with van der Waals surface area (Å²) in [6.07, 6.45) is 4.14. The first kappa shape index (κ1) is 15.9. The van der Waals surface area contributed by atoms with Crippen LogP contribution in [-0.2, 0) is 6.42 Å². The molecule has 2 aromatic carbocycles. The summed E-state index contributed by atoms with van der Waals surface area (Å²) in [5, 5.41) is 0.678. The third kappa shape index (κ3) is 2.92. The van der Waals surface area contributed by atoms with Gasteiger partial charge in [0.1, 0.15) is 0 Å². The van der Waals surface area contributed by atoms with Crippen LogP contribution in [0.4, 0.5) is 0 Å². The first-order valence-corrected chi connectivity index (χ1v) is 8.67. The molecule has 4 rings (SSSR count). The standard InChI is InChI=1S/C21H17ClN2O/c22-19-8-4-3-7-18(19)20-17-6-2-1-5-15(17)11-14-24(20)21(25)16-9-12-23-13-10-16/h1-10,12-13,20H,11,14H2. The van der Waals surface area contributed by atoms with Gasteiger partial charge in [0, 0.05) is 29.5 Å². The molecule has 124 valence electrons. The molecule has 0 radical (unpaired) electrons. The third-order valence-electron chi connectivity index (χ3n) is 4.67. The Bertz CT molecular complexity index is 911. The van der Waals surface area contributed by atoms with E-state index in [1.165, 1.54) is 5.56 Å².